The van der Waals surface area contributed by atoms with Gasteiger partial charge in [0, 0.05) is 35.2 Å². The van der Waals surface area contributed by atoms with Gasteiger partial charge in [0.05, 0.1) is 19.7 Å². The van der Waals surface area contributed by atoms with Gasteiger partial charge >= 0.3 is 0 Å². The number of nitrogens with zero attached hydrogens (tertiary/aromatic N) is 2. The molecule has 0 amide bonds. The lowest BCUT2D eigenvalue weighted by Gasteiger charge is -2.41. The number of aromatic nitrogens is 1. The molecule has 3 aromatic carbocycles. The van der Waals surface area contributed by atoms with Gasteiger partial charge < -0.3 is 23.9 Å². The number of ether oxygens (including phenoxy) is 3. The fourth-order valence-electron chi connectivity index (χ4n) is 5.74. The zero-order valence-electron chi connectivity index (χ0n) is 20.5. The van der Waals surface area contributed by atoms with Crippen molar-refractivity contribution >= 4 is 22.5 Å². The molecule has 0 fully saturated rings. The summed E-state index contributed by atoms with van der Waals surface area (Å²) in [4.78, 5) is 2.51. The van der Waals surface area contributed by atoms with Gasteiger partial charge in [0.25, 0.3) is 0 Å². The van der Waals surface area contributed by atoms with Crippen molar-refractivity contribution in [2.75, 3.05) is 20.8 Å². The molecule has 194 valence electrons. The topological polar surface area (TPSA) is 56.1 Å². The van der Waals surface area contributed by atoms with Gasteiger partial charge in [0.1, 0.15) is 19.1 Å². The minimum Gasteiger partial charge on any atom is -0.497 e. The highest BCUT2D eigenvalue weighted by Crippen LogP contribution is 2.45. The Hall–Kier alpha value is -3.19. The molecule has 2 aliphatic rings. The first-order valence-electron chi connectivity index (χ1n) is 12.2. The van der Waals surface area contributed by atoms with Crippen LogP contribution < -0.4 is 14.2 Å². The molecule has 6 rings (SSSR count). The fraction of sp³-hybridized carbons (Fsp3) is 0.333. The summed E-state index contributed by atoms with van der Waals surface area (Å²) in [5.41, 5.74) is 7.17. The molecule has 0 bridgehead atoms. The van der Waals surface area contributed by atoms with Crippen LogP contribution in [-0.4, -0.2) is 35.3 Å². The van der Waals surface area contributed by atoms with Crippen molar-refractivity contribution in [3.63, 3.8) is 0 Å². The van der Waals surface area contributed by atoms with E-state index < -0.39 is 0 Å². The summed E-state index contributed by atoms with van der Waals surface area (Å²) < 4.78 is 19.5. The summed E-state index contributed by atoms with van der Waals surface area (Å²) in [5, 5.41) is 12.0. The second-order valence-corrected chi connectivity index (χ2v) is 9.87. The zero-order chi connectivity index (χ0) is 24.8. The molecule has 7 heteroatoms. The van der Waals surface area contributed by atoms with Crippen LogP contribution in [0, 0.1) is 0 Å². The Balaban J connectivity index is 0.00000280. The van der Waals surface area contributed by atoms with Gasteiger partial charge in [-0.25, -0.2) is 0 Å². The van der Waals surface area contributed by atoms with E-state index in [1.54, 1.807) is 14.2 Å². The van der Waals surface area contributed by atoms with Gasteiger partial charge in [-0.3, -0.25) is 4.90 Å². The molecule has 0 spiro atoms. The Morgan fingerprint density at radius 2 is 1.81 bits per heavy atom. The van der Waals surface area contributed by atoms with Crippen molar-refractivity contribution in [2.45, 2.75) is 46.2 Å². The lowest BCUT2D eigenvalue weighted by Crippen LogP contribution is -2.39. The Morgan fingerprint density at radius 3 is 2.54 bits per heavy atom. The molecule has 6 nitrogen and oxygen atoms in total. The van der Waals surface area contributed by atoms with E-state index in [9.17, 15) is 5.11 Å². The van der Waals surface area contributed by atoms with E-state index in [0.29, 0.717) is 11.6 Å². The minimum absolute atomic E-state index is 0. The van der Waals surface area contributed by atoms with Crippen LogP contribution in [0.3, 0.4) is 0 Å². The summed E-state index contributed by atoms with van der Waals surface area (Å²) in [6, 6.07) is 18.3. The number of aliphatic hydroxyl groups is 1. The molecule has 3 heterocycles. The summed E-state index contributed by atoms with van der Waals surface area (Å²) >= 11 is 6.02. The Bertz CT molecular complexity index is 1430. The summed E-state index contributed by atoms with van der Waals surface area (Å²) in [6.07, 6.45) is 1.81. The lowest BCUT2D eigenvalue weighted by atomic mass is 9.85. The number of hydrogen-bond acceptors (Lipinski definition) is 5. The first-order chi connectivity index (χ1) is 17.6. The number of hydrogen-bond donors (Lipinski definition) is 1. The van der Waals surface area contributed by atoms with Gasteiger partial charge in [0.2, 0.25) is 0 Å². The summed E-state index contributed by atoms with van der Waals surface area (Å²) in [6.45, 7) is 2.17. The van der Waals surface area contributed by atoms with Crippen molar-refractivity contribution in [1.82, 2.24) is 9.47 Å². The monoisotopic (exact) mass is 520 g/mol. The SMILES string of the molecule is C.COc1ccc2c(c1)c1c(n2CO)CN2CCc3cc(OCc4ccc(Cl)cc4)c(OC)cc3C2C1. The molecule has 1 unspecified atom stereocenters. The van der Waals surface area contributed by atoms with Gasteiger partial charge in [-0.05, 0) is 77.6 Å². The van der Waals surface area contributed by atoms with Crippen molar-refractivity contribution in [2.24, 2.45) is 0 Å². The van der Waals surface area contributed by atoms with Crippen LogP contribution in [-0.2, 0) is 32.7 Å². The number of aliphatic hydroxyl groups excluding tert-OH is 1. The maximum atomic E-state index is 10.2. The largest absolute Gasteiger partial charge is 0.497 e. The lowest BCUT2D eigenvalue weighted by molar-refractivity contribution is 0.145. The van der Waals surface area contributed by atoms with E-state index in [-0.39, 0.29) is 20.2 Å². The third kappa shape index (κ3) is 4.43. The maximum absolute atomic E-state index is 10.2. The average molecular weight is 521 g/mol. The van der Waals surface area contributed by atoms with Gasteiger partial charge in [-0.1, -0.05) is 31.2 Å². The first kappa shape index (κ1) is 25.5. The molecule has 0 radical (unpaired) electrons. The van der Waals surface area contributed by atoms with E-state index in [1.807, 2.05) is 41.0 Å². The van der Waals surface area contributed by atoms with Crippen LogP contribution in [0.5, 0.6) is 17.2 Å². The second kappa shape index (κ2) is 10.3. The number of rotatable bonds is 6. The standard InChI is InChI=1S/C29H29ClN2O4.CH4/c1-34-21-7-8-25-23(12-21)24-13-26-22-14-28(35-2)29(36-16-18-3-5-20(30)6-4-18)11-19(22)9-10-31(26)15-27(24)32(25)17-33;/h3-8,11-12,14,26,33H,9-10,13,15-17H2,1-2H3;1H4. The highest BCUT2D eigenvalue weighted by molar-refractivity contribution is 6.30. The summed E-state index contributed by atoms with van der Waals surface area (Å²) in [7, 11) is 3.38. The van der Waals surface area contributed by atoms with E-state index >= 15 is 0 Å². The molecule has 0 aliphatic carbocycles. The second-order valence-electron chi connectivity index (χ2n) is 9.44. The van der Waals surface area contributed by atoms with E-state index in [0.717, 1.165) is 59.6 Å². The normalized spacial score (nSPS) is 16.4. The van der Waals surface area contributed by atoms with Crippen LogP contribution in [0.2, 0.25) is 5.02 Å². The number of benzene rings is 3. The molecule has 0 saturated heterocycles. The van der Waals surface area contributed by atoms with Gasteiger partial charge in [0.15, 0.2) is 11.5 Å². The Morgan fingerprint density at radius 1 is 1.00 bits per heavy atom. The molecule has 1 N–H and O–H groups in total. The zero-order valence-corrected chi connectivity index (χ0v) is 21.2. The summed E-state index contributed by atoms with van der Waals surface area (Å²) in [5.74, 6) is 2.34. The Kier molecular flexibility index (Phi) is 7.08. The molecular formula is C30H33ClN2O4. The maximum Gasteiger partial charge on any atom is 0.161 e. The highest BCUT2D eigenvalue weighted by Gasteiger charge is 2.36. The van der Waals surface area contributed by atoms with Crippen molar-refractivity contribution in [1.29, 1.82) is 0 Å². The van der Waals surface area contributed by atoms with Crippen molar-refractivity contribution in [3.05, 3.63) is 87.6 Å². The average Bonchev–Trinajstić information content (AvgIpc) is 3.22. The molecule has 1 atom stereocenters. The van der Waals surface area contributed by atoms with E-state index in [1.165, 1.54) is 22.4 Å². The van der Waals surface area contributed by atoms with Gasteiger partial charge in [-0.2, -0.15) is 0 Å². The molecule has 1 aromatic heterocycles. The van der Waals surface area contributed by atoms with Crippen LogP contribution in [0.25, 0.3) is 10.9 Å². The third-order valence-corrected chi connectivity index (χ3v) is 7.84. The van der Waals surface area contributed by atoms with Crippen LogP contribution in [0.1, 0.15) is 41.4 Å². The number of fused-ring (bicyclic) bond motifs is 6. The fourth-order valence-corrected chi connectivity index (χ4v) is 5.87. The number of halogens is 1. The van der Waals surface area contributed by atoms with E-state index in [4.69, 9.17) is 25.8 Å². The molecule has 2 aliphatic heterocycles. The predicted octanol–water partition coefficient (Wildman–Crippen LogP) is 6.13. The molecule has 0 saturated carbocycles. The van der Waals surface area contributed by atoms with Crippen LogP contribution in [0.15, 0.2) is 54.6 Å². The Labute approximate surface area is 222 Å². The molecular weight excluding hydrogens is 488 g/mol. The van der Waals surface area contributed by atoms with Gasteiger partial charge in [-0.15, -0.1) is 0 Å². The molecule has 4 aromatic rings. The van der Waals surface area contributed by atoms with Crippen molar-refractivity contribution in [3.8, 4) is 17.2 Å². The first-order valence-corrected chi connectivity index (χ1v) is 12.6. The van der Waals surface area contributed by atoms with Crippen molar-refractivity contribution < 1.29 is 19.3 Å². The smallest absolute Gasteiger partial charge is 0.161 e. The van der Waals surface area contributed by atoms with E-state index in [2.05, 4.69) is 23.1 Å². The quantitative estimate of drug-likeness (QED) is 0.331. The minimum atomic E-state index is -0.0323. The highest BCUT2D eigenvalue weighted by atomic mass is 35.5. The predicted molar refractivity (Wildman–Crippen MR) is 147 cm³/mol. The van der Waals surface area contributed by atoms with Crippen LogP contribution >= 0.6 is 11.6 Å². The third-order valence-electron chi connectivity index (χ3n) is 7.59. The molecule has 37 heavy (non-hydrogen) atoms. The van der Waals surface area contributed by atoms with Crippen LogP contribution in [0.4, 0.5) is 0 Å². The number of methoxy groups -OCH3 is 2.